The van der Waals surface area contributed by atoms with Gasteiger partial charge in [0.25, 0.3) is 0 Å². The molecule has 0 aliphatic carbocycles. The number of rotatable bonds is 4. The van der Waals surface area contributed by atoms with Crippen molar-refractivity contribution in [2.75, 3.05) is 7.11 Å². The summed E-state index contributed by atoms with van der Waals surface area (Å²) in [5, 5.41) is 15.5. The predicted molar refractivity (Wildman–Crippen MR) is 82.4 cm³/mol. The lowest BCUT2D eigenvalue weighted by Crippen LogP contribution is -2.13. The van der Waals surface area contributed by atoms with E-state index in [2.05, 4.69) is 21.0 Å². The summed E-state index contributed by atoms with van der Waals surface area (Å²) in [6, 6.07) is 5.45. The summed E-state index contributed by atoms with van der Waals surface area (Å²) in [7, 11) is 1.56. The Morgan fingerprint density at radius 3 is 2.60 bits per heavy atom. The van der Waals surface area contributed by atoms with E-state index in [-0.39, 0.29) is 6.04 Å². The molecule has 0 saturated heterocycles. The summed E-state index contributed by atoms with van der Waals surface area (Å²) < 4.78 is 7.85. The van der Waals surface area contributed by atoms with Gasteiger partial charge < -0.3 is 9.84 Å². The molecule has 1 heterocycles. The van der Waals surface area contributed by atoms with E-state index in [1.165, 1.54) is 0 Å². The zero-order chi connectivity index (χ0) is 14.9. The van der Waals surface area contributed by atoms with Crippen LogP contribution < -0.4 is 4.74 Å². The number of methoxy groups -OCH3 is 1. The van der Waals surface area contributed by atoms with Crippen LogP contribution in [0.15, 0.2) is 28.9 Å². The van der Waals surface area contributed by atoms with E-state index in [0.717, 1.165) is 4.47 Å². The van der Waals surface area contributed by atoms with Gasteiger partial charge in [0.05, 0.1) is 13.3 Å². The molecule has 0 aliphatic heterocycles. The maximum Gasteiger partial charge on any atom is 0.163 e. The van der Waals surface area contributed by atoms with Crippen molar-refractivity contribution in [2.45, 2.75) is 26.0 Å². The van der Waals surface area contributed by atoms with Gasteiger partial charge in [-0.1, -0.05) is 27.5 Å². The third kappa shape index (κ3) is 3.00. The molecule has 0 spiro atoms. The normalized spacial score (nSPS) is 12.8. The minimum atomic E-state index is -0.857. The molecule has 2 rings (SSSR count). The summed E-state index contributed by atoms with van der Waals surface area (Å²) in [6.07, 6.45) is 0.753. The van der Waals surface area contributed by atoms with E-state index in [1.807, 2.05) is 19.9 Å². The van der Waals surface area contributed by atoms with Crippen LogP contribution in [0.1, 0.15) is 37.3 Å². The van der Waals surface area contributed by atoms with Crippen molar-refractivity contribution in [3.8, 4) is 5.75 Å². The summed E-state index contributed by atoms with van der Waals surface area (Å²) in [4.78, 5) is 0. The van der Waals surface area contributed by atoms with Crippen molar-refractivity contribution < 1.29 is 9.84 Å². The first-order chi connectivity index (χ1) is 9.43. The Labute approximate surface area is 131 Å². The van der Waals surface area contributed by atoms with Crippen LogP contribution in [-0.4, -0.2) is 22.0 Å². The van der Waals surface area contributed by atoms with Crippen LogP contribution >= 0.6 is 27.5 Å². The molecule has 1 unspecified atom stereocenters. The lowest BCUT2D eigenvalue weighted by Gasteiger charge is -2.18. The Balaban J connectivity index is 2.51. The third-order valence-electron chi connectivity index (χ3n) is 2.97. The average Bonchev–Trinajstić information content (AvgIpc) is 2.80. The van der Waals surface area contributed by atoms with Crippen LogP contribution in [0.5, 0.6) is 5.75 Å². The van der Waals surface area contributed by atoms with Crippen LogP contribution in [0.4, 0.5) is 0 Å². The highest BCUT2D eigenvalue weighted by Gasteiger charge is 2.23. The second-order valence-electron chi connectivity index (χ2n) is 4.74. The molecule has 0 saturated carbocycles. The molecule has 0 bridgehead atoms. The van der Waals surface area contributed by atoms with E-state index in [4.69, 9.17) is 16.3 Å². The average molecular weight is 360 g/mol. The van der Waals surface area contributed by atoms with Crippen molar-refractivity contribution in [3.05, 3.63) is 45.1 Å². The molecule has 0 radical (unpaired) electrons. The van der Waals surface area contributed by atoms with Gasteiger partial charge >= 0.3 is 0 Å². The van der Waals surface area contributed by atoms with Crippen molar-refractivity contribution in [2.24, 2.45) is 0 Å². The summed E-state index contributed by atoms with van der Waals surface area (Å²) in [5.74, 6) is 0.558. The van der Waals surface area contributed by atoms with E-state index < -0.39 is 6.10 Å². The number of benzene rings is 1. The summed E-state index contributed by atoms with van der Waals surface area (Å²) >= 11 is 9.42. The van der Waals surface area contributed by atoms with Gasteiger partial charge in [0, 0.05) is 15.5 Å². The highest BCUT2D eigenvalue weighted by atomic mass is 79.9. The van der Waals surface area contributed by atoms with Crippen LogP contribution in [0.2, 0.25) is 5.02 Å². The second-order valence-corrected chi connectivity index (χ2v) is 6.09. The molecule has 2 aromatic rings. The van der Waals surface area contributed by atoms with E-state index in [9.17, 15) is 5.11 Å². The van der Waals surface area contributed by atoms with E-state index in [0.29, 0.717) is 22.0 Å². The maximum atomic E-state index is 10.7. The monoisotopic (exact) mass is 358 g/mol. The fourth-order valence-electron chi connectivity index (χ4n) is 2.08. The van der Waals surface area contributed by atoms with Crippen LogP contribution in [0, 0.1) is 0 Å². The fraction of sp³-hybridized carbons (Fsp3) is 0.357. The molecule has 0 amide bonds. The summed E-state index contributed by atoms with van der Waals surface area (Å²) in [5.41, 5.74) is 1.31. The number of hydrogen-bond acceptors (Lipinski definition) is 3. The van der Waals surface area contributed by atoms with Gasteiger partial charge in [0.2, 0.25) is 0 Å². The predicted octanol–water partition coefficient (Wildman–Crippen LogP) is 3.97. The van der Waals surface area contributed by atoms with Crippen LogP contribution in [0.25, 0.3) is 0 Å². The number of nitrogens with zero attached hydrogens (tertiary/aromatic N) is 2. The molecule has 20 heavy (non-hydrogen) atoms. The molecule has 6 heteroatoms. The number of aliphatic hydroxyl groups is 1. The molecular formula is C14H16BrClN2O2. The number of aromatic nitrogens is 2. The lowest BCUT2D eigenvalue weighted by molar-refractivity contribution is 0.199. The van der Waals surface area contributed by atoms with Gasteiger partial charge in [-0.05, 0) is 37.6 Å². The standard InChI is InChI=1S/C14H16BrClN2O2/c1-8(2)18-13(12(20-3)7-17-18)14(19)9-4-10(15)6-11(16)5-9/h4-8,14,19H,1-3H3. The Kier molecular flexibility index (Phi) is 4.73. The van der Waals surface area contributed by atoms with Crippen molar-refractivity contribution in [1.29, 1.82) is 0 Å². The van der Waals surface area contributed by atoms with Crippen LogP contribution in [0.3, 0.4) is 0 Å². The highest BCUT2D eigenvalue weighted by molar-refractivity contribution is 9.10. The van der Waals surface area contributed by atoms with Gasteiger partial charge in [0.15, 0.2) is 5.75 Å². The molecular weight excluding hydrogens is 344 g/mol. The zero-order valence-electron chi connectivity index (χ0n) is 11.5. The van der Waals surface area contributed by atoms with Crippen molar-refractivity contribution in [1.82, 2.24) is 9.78 Å². The second kappa shape index (κ2) is 6.16. The Morgan fingerprint density at radius 1 is 1.35 bits per heavy atom. The molecule has 1 atom stereocenters. The zero-order valence-corrected chi connectivity index (χ0v) is 13.8. The van der Waals surface area contributed by atoms with E-state index >= 15 is 0 Å². The quantitative estimate of drug-likeness (QED) is 0.898. The molecule has 1 N–H and O–H groups in total. The van der Waals surface area contributed by atoms with Gasteiger partial charge in [-0.3, -0.25) is 4.68 Å². The van der Waals surface area contributed by atoms with Crippen molar-refractivity contribution in [3.63, 3.8) is 0 Å². The summed E-state index contributed by atoms with van der Waals surface area (Å²) in [6.45, 7) is 3.99. The Morgan fingerprint density at radius 2 is 2.05 bits per heavy atom. The van der Waals surface area contributed by atoms with Gasteiger partial charge in [-0.2, -0.15) is 5.10 Å². The topological polar surface area (TPSA) is 47.3 Å². The largest absolute Gasteiger partial charge is 0.493 e. The molecule has 1 aromatic carbocycles. The third-order valence-corrected chi connectivity index (χ3v) is 3.64. The van der Waals surface area contributed by atoms with Gasteiger partial charge in [-0.15, -0.1) is 0 Å². The SMILES string of the molecule is COc1cnn(C(C)C)c1C(O)c1cc(Cl)cc(Br)c1. The first-order valence-electron chi connectivity index (χ1n) is 6.19. The first-order valence-corrected chi connectivity index (χ1v) is 7.36. The van der Waals surface area contributed by atoms with Crippen LogP contribution in [-0.2, 0) is 0 Å². The number of aliphatic hydroxyl groups excluding tert-OH is 1. The molecule has 108 valence electrons. The van der Waals surface area contributed by atoms with Gasteiger partial charge in [-0.25, -0.2) is 0 Å². The molecule has 0 aliphatic rings. The van der Waals surface area contributed by atoms with E-state index in [1.54, 1.807) is 30.1 Å². The Bertz CT molecular complexity index is 593. The minimum Gasteiger partial charge on any atom is -0.493 e. The maximum absolute atomic E-state index is 10.7. The lowest BCUT2D eigenvalue weighted by atomic mass is 10.1. The fourth-order valence-corrected chi connectivity index (χ4v) is 2.96. The number of hydrogen-bond donors (Lipinski definition) is 1. The highest BCUT2D eigenvalue weighted by Crippen LogP contribution is 2.34. The number of ether oxygens (including phenoxy) is 1. The smallest absolute Gasteiger partial charge is 0.163 e. The minimum absolute atomic E-state index is 0.117. The molecule has 4 nitrogen and oxygen atoms in total. The Hall–Kier alpha value is -1.04. The van der Waals surface area contributed by atoms with Crippen molar-refractivity contribution >= 4 is 27.5 Å². The molecule has 0 fully saturated rings. The molecule has 1 aromatic heterocycles. The first kappa shape index (κ1) is 15.4. The van der Waals surface area contributed by atoms with Gasteiger partial charge in [0.1, 0.15) is 11.8 Å². The number of halogens is 2.